The molecule has 3 rings (SSSR count). The molecule has 2 atom stereocenters. The van der Waals surface area contributed by atoms with E-state index in [1.54, 1.807) is 12.1 Å². The number of carboxylic acids is 2. The summed E-state index contributed by atoms with van der Waals surface area (Å²) in [4.78, 5) is 65.6. The van der Waals surface area contributed by atoms with Crippen molar-refractivity contribution in [2.45, 2.75) is 24.9 Å². The third-order valence-electron chi connectivity index (χ3n) is 5.11. The van der Waals surface area contributed by atoms with Crippen molar-refractivity contribution in [3.8, 4) is 0 Å². The van der Waals surface area contributed by atoms with Crippen LogP contribution in [0.1, 0.15) is 23.2 Å². The number of carbonyl (C=O) groups is 4. The van der Waals surface area contributed by atoms with Crippen LogP contribution in [0.4, 0.5) is 23.1 Å². The van der Waals surface area contributed by atoms with Crippen LogP contribution in [0.3, 0.4) is 0 Å². The van der Waals surface area contributed by atoms with Crippen LogP contribution in [0.25, 0.3) is 0 Å². The largest absolute Gasteiger partial charge is 1.00 e. The first-order valence-corrected chi connectivity index (χ1v) is 10.1. The van der Waals surface area contributed by atoms with Crippen molar-refractivity contribution in [1.29, 1.82) is 0 Å². The van der Waals surface area contributed by atoms with Crippen LogP contribution in [0.2, 0.25) is 0 Å². The second-order valence-electron chi connectivity index (χ2n) is 7.43. The zero-order valence-electron chi connectivity index (χ0n) is 18.7. The Morgan fingerprint density at radius 1 is 1.31 bits per heavy atom. The Kier molecular flexibility index (Phi) is 9.26. The van der Waals surface area contributed by atoms with Crippen LogP contribution in [-0.4, -0.2) is 64.5 Å². The number of nitrogens with one attached hydrogen (secondary N) is 4. The molecule has 1 aliphatic heterocycles. The Morgan fingerprint density at radius 2 is 2.00 bits per heavy atom. The van der Waals surface area contributed by atoms with E-state index in [4.69, 9.17) is 10.8 Å². The number of nitrogens with two attached hydrogens (primary N) is 1. The number of anilines is 4. The van der Waals surface area contributed by atoms with E-state index in [0.29, 0.717) is 18.6 Å². The molecule has 2 aromatic rings. The zero-order valence-corrected chi connectivity index (χ0v) is 18.7. The van der Waals surface area contributed by atoms with Crippen molar-refractivity contribution < 1.29 is 48.3 Å². The second kappa shape index (κ2) is 11.9. The number of aromatic nitrogens is 2. The second-order valence-corrected chi connectivity index (χ2v) is 7.43. The topological polar surface area (TPSA) is 223 Å². The zero-order chi connectivity index (χ0) is 24.8. The molecule has 0 saturated carbocycles. The number of nitrogens with zero attached hydrogens (tertiary/aromatic N) is 2. The summed E-state index contributed by atoms with van der Waals surface area (Å²) in [5.41, 5.74) is 5.80. The third-order valence-corrected chi connectivity index (χ3v) is 5.11. The number of hydrogen-bond donors (Lipinski definition) is 6. The van der Waals surface area contributed by atoms with E-state index in [-0.39, 0.29) is 54.8 Å². The van der Waals surface area contributed by atoms with Gasteiger partial charge in [-0.2, -0.15) is 4.98 Å². The summed E-state index contributed by atoms with van der Waals surface area (Å²) in [6.45, 7) is 0.558. The van der Waals surface area contributed by atoms with Gasteiger partial charge in [-0.3, -0.25) is 19.4 Å². The number of aromatic amines is 1. The summed E-state index contributed by atoms with van der Waals surface area (Å²) >= 11 is 0. The summed E-state index contributed by atoms with van der Waals surface area (Å²) < 4.78 is 0. The van der Waals surface area contributed by atoms with Gasteiger partial charge in [0, 0.05) is 30.3 Å². The molecular weight excluding hydrogens is 457 g/mol. The molecule has 2 amide bonds. The van der Waals surface area contributed by atoms with Crippen molar-refractivity contribution in [2.75, 3.05) is 34.4 Å². The van der Waals surface area contributed by atoms with Gasteiger partial charge in [0.2, 0.25) is 12.4 Å². The predicted octanol–water partition coefficient (Wildman–Crippen LogP) is -5.06. The molecule has 0 fully saturated rings. The van der Waals surface area contributed by atoms with Crippen molar-refractivity contribution in [1.82, 2.24) is 15.3 Å². The molecule has 0 saturated heterocycles. The summed E-state index contributed by atoms with van der Waals surface area (Å²) in [6.07, 6.45) is -0.278. The summed E-state index contributed by atoms with van der Waals surface area (Å²) in [5.74, 6) is -3.31. The van der Waals surface area contributed by atoms with Crippen molar-refractivity contribution in [3.63, 3.8) is 0 Å². The number of H-pyrrole nitrogens is 1. The maximum absolute atomic E-state index is 12.3. The molecule has 1 aromatic heterocycles. The first kappa shape index (κ1) is 27.2. The van der Waals surface area contributed by atoms with E-state index >= 15 is 0 Å². The Morgan fingerprint density at radius 3 is 2.60 bits per heavy atom. The predicted molar refractivity (Wildman–Crippen MR) is 118 cm³/mol. The fourth-order valence-electron chi connectivity index (χ4n) is 3.39. The van der Waals surface area contributed by atoms with Gasteiger partial charge in [-0.25, -0.2) is 4.79 Å². The Hall–Kier alpha value is -4.02. The number of carbonyl (C=O) groups excluding carboxylic acids is 3. The minimum atomic E-state index is -1.41. The minimum Gasteiger partial charge on any atom is -0.550 e. The first-order valence-electron chi connectivity index (χ1n) is 10.1. The molecular formula is C20H22LiN7O7. The maximum Gasteiger partial charge on any atom is 1.00 e. The van der Waals surface area contributed by atoms with Crippen LogP contribution in [0.15, 0.2) is 29.1 Å². The molecule has 35 heavy (non-hydrogen) atoms. The van der Waals surface area contributed by atoms with Crippen molar-refractivity contribution in [3.05, 3.63) is 40.2 Å². The Bertz CT molecular complexity index is 1160. The molecule has 7 N–H and O–H groups in total. The number of benzene rings is 1. The van der Waals surface area contributed by atoms with Crippen LogP contribution in [0.5, 0.6) is 0 Å². The number of rotatable bonds is 10. The van der Waals surface area contributed by atoms with Gasteiger partial charge in [-0.05, 0) is 37.1 Å². The number of fused-ring (bicyclic) bond motifs is 1. The van der Waals surface area contributed by atoms with E-state index < -0.39 is 41.9 Å². The molecule has 180 valence electrons. The fraction of sp³-hybridized carbons (Fsp3) is 0.300. The van der Waals surface area contributed by atoms with Crippen molar-refractivity contribution >= 4 is 47.4 Å². The standard InChI is InChI=1S/C20H23N7O7.Li/c21-20-25-16-15(18(32)26-20)27(9-28)12(8-23-16)7-22-11-3-1-10(2-4-11)17(31)24-13(19(33)34)5-6-14(29)30;/h1-4,9,12-13,22H,5-8H2,(H,24,31)(H,29,30)(H,33,34)(H4,21,23,25,26,32);/q;+1/p-1/t12?,13-;/m0./s1. The van der Waals surface area contributed by atoms with E-state index in [9.17, 15) is 29.1 Å². The molecule has 0 bridgehead atoms. The molecule has 14 nitrogen and oxygen atoms in total. The van der Waals surface area contributed by atoms with Gasteiger partial charge in [0.1, 0.15) is 6.04 Å². The third kappa shape index (κ3) is 6.75. The normalized spacial score (nSPS) is 15.0. The average Bonchev–Trinajstić information content (AvgIpc) is 2.79. The fourth-order valence-corrected chi connectivity index (χ4v) is 3.39. The molecule has 0 radical (unpaired) electrons. The van der Waals surface area contributed by atoms with Crippen LogP contribution < -0.4 is 56.1 Å². The van der Waals surface area contributed by atoms with Crippen LogP contribution in [0, 0.1) is 0 Å². The van der Waals surface area contributed by atoms with Gasteiger partial charge in [-0.15, -0.1) is 0 Å². The summed E-state index contributed by atoms with van der Waals surface area (Å²) in [7, 11) is 0. The molecule has 0 spiro atoms. The van der Waals surface area contributed by atoms with E-state index in [2.05, 4.69) is 25.9 Å². The quantitative estimate of drug-likeness (QED) is 0.140. The summed E-state index contributed by atoms with van der Waals surface area (Å²) in [5, 5.41) is 28.0. The van der Waals surface area contributed by atoms with E-state index in [0.717, 1.165) is 0 Å². The van der Waals surface area contributed by atoms with Crippen molar-refractivity contribution in [2.24, 2.45) is 0 Å². The SMILES string of the molecule is Nc1nc2c(c(=O)[nH]1)N(C=O)C(CNc1ccc(C(=O)N[C@@H](CCC(=O)[O-])C(=O)O)cc1)CN2.[Li+]. The molecule has 2 heterocycles. The Balaban J connectivity index is 0.00000432. The van der Waals surface area contributed by atoms with Gasteiger partial charge in [0.25, 0.3) is 11.5 Å². The Labute approximate surface area is 210 Å². The first-order chi connectivity index (χ1) is 16.2. The van der Waals surface area contributed by atoms with Crippen LogP contribution >= 0.6 is 0 Å². The molecule has 0 aliphatic carbocycles. The molecule has 1 unspecified atom stereocenters. The maximum atomic E-state index is 12.3. The van der Waals surface area contributed by atoms with Gasteiger partial charge >= 0.3 is 24.8 Å². The number of nitrogen functional groups attached to an aromatic ring is 1. The molecule has 15 heteroatoms. The number of carboxylic acid groups (broad SMARTS) is 2. The molecule has 1 aromatic carbocycles. The number of hydrogen-bond acceptors (Lipinski definition) is 10. The van der Waals surface area contributed by atoms with E-state index in [1.807, 2.05) is 0 Å². The van der Waals surface area contributed by atoms with E-state index in [1.165, 1.54) is 17.0 Å². The minimum absolute atomic E-state index is 0. The van der Waals surface area contributed by atoms with Gasteiger partial charge in [0.15, 0.2) is 11.5 Å². The average molecular weight is 479 g/mol. The number of amides is 2. The summed E-state index contributed by atoms with van der Waals surface area (Å²) in [6, 6.07) is 4.27. The van der Waals surface area contributed by atoms with Gasteiger partial charge in [-0.1, -0.05) is 0 Å². The van der Waals surface area contributed by atoms with Crippen LogP contribution in [-0.2, 0) is 14.4 Å². The monoisotopic (exact) mass is 479 g/mol. The smallest absolute Gasteiger partial charge is 0.550 e. The number of aliphatic carboxylic acids is 2. The van der Waals surface area contributed by atoms with Gasteiger partial charge in [0.05, 0.1) is 6.04 Å². The van der Waals surface area contributed by atoms with Gasteiger partial charge < -0.3 is 41.6 Å². The molecule has 1 aliphatic rings.